The topological polar surface area (TPSA) is 70.8 Å². The Morgan fingerprint density at radius 3 is 2.33 bits per heavy atom. The SMILES string of the molecule is Cc1cc(C(=O)N(CC(=O)O)c2ccc(Cl)cc2)c(C)o1. The van der Waals surface area contributed by atoms with Crippen LogP contribution in [0, 0.1) is 13.8 Å². The number of anilines is 1. The number of carbonyl (C=O) groups excluding carboxylic acids is 1. The Hall–Kier alpha value is -2.27. The van der Waals surface area contributed by atoms with E-state index in [1.807, 2.05) is 0 Å². The number of hydrogen-bond donors (Lipinski definition) is 1. The lowest BCUT2D eigenvalue weighted by molar-refractivity contribution is -0.135. The van der Waals surface area contributed by atoms with Gasteiger partial charge < -0.3 is 9.52 Å². The zero-order chi connectivity index (χ0) is 15.6. The van der Waals surface area contributed by atoms with Gasteiger partial charge in [0.05, 0.1) is 5.56 Å². The highest BCUT2D eigenvalue weighted by atomic mass is 35.5. The number of benzene rings is 1. The maximum absolute atomic E-state index is 12.6. The molecule has 0 aliphatic carbocycles. The zero-order valence-electron chi connectivity index (χ0n) is 11.6. The van der Waals surface area contributed by atoms with Crippen molar-refractivity contribution in [2.75, 3.05) is 11.4 Å². The van der Waals surface area contributed by atoms with Crippen molar-refractivity contribution in [2.24, 2.45) is 0 Å². The first kappa shape index (κ1) is 15.1. The van der Waals surface area contributed by atoms with Gasteiger partial charge in [0.25, 0.3) is 5.91 Å². The maximum Gasteiger partial charge on any atom is 0.323 e. The normalized spacial score (nSPS) is 10.4. The highest BCUT2D eigenvalue weighted by Gasteiger charge is 2.23. The van der Waals surface area contributed by atoms with Gasteiger partial charge in [-0.05, 0) is 44.2 Å². The van der Waals surface area contributed by atoms with E-state index < -0.39 is 18.4 Å². The summed E-state index contributed by atoms with van der Waals surface area (Å²) in [7, 11) is 0. The number of halogens is 1. The molecule has 21 heavy (non-hydrogen) atoms. The quantitative estimate of drug-likeness (QED) is 0.941. The van der Waals surface area contributed by atoms with E-state index in [0.29, 0.717) is 27.8 Å². The number of carboxylic acid groups (broad SMARTS) is 1. The van der Waals surface area contributed by atoms with E-state index in [1.165, 1.54) is 4.90 Å². The van der Waals surface area contributed by atoms with Crippen LogP contribution in [0.4, 0.5) is 5.69 Å². The first-order valence-electron chi connectivity index (χ1n) is 6.24. The van der Waals surface area contributed by atoms with Crippen molar-refractivity contribution in [2.45, 2.75) is 13.8 Å². The molecule has 0 aliphatic rings. The van der Waals surface area contributed by atoms with Gasteiger partial charge in [-0.1, -0.05) is 11.6 Å². The van der Waals surface area contributed by atoms with Crippen LogP contribution in [0.2, 0.25) is 5.02 Å². The molecule has 110 valence electrons. The number of rotatable bonds is 4. The fraction of sp³-hybridized carbons (Fsp3) is 0.200. The highest BCUT2D eigenvalue weighted by molar-refractivity contribution is 6.30. The minimum absolute atomic E-state index is 0.351. The van der Waals surface area contributed by atoms with Crippen molar-refractivity contribution in [1.29, 1.82) is 0 Å². The Bertz CT molecular complexity index is 675. The maximum atomic E-state index is 12.6. The molecule has 6 heteroatoms. The molecule has 0 bridgehead atoms. The molecule has 0 spiro atoms. The van der Waals surface area contributed by atoms with Crippen molar-refractivity contribution in [3.05, 3.63) is 52.4 Å². The Morgan fingerprint density at radius 2 is 1.86 bits per heavy atom. The van der Waals surface area contributed by atoms with Crippen LogP contribution in [0.5, 0.6) is 0 Å². The van der Waals surface area contributed by atoms with Gasteiger partial charge >= 0.3 is 5.97 Å². The summed E-state index contributed by atoms with van der Waals surface area (Å²) in [6, 6.07) is 8.01. The first-order chi connectivity index (χ1) is 9.88. The van der Waals surface area contributed by atoms with E-state index in [1.54, 1.807) is 44.2 Å². The van der Waals surface area contributed by atoms with E-state index in [-0.39, 0.29) is 0 Å². The second-order valence-corrected chi connectivity index (χ2v) is 5.02. The van der Waals surface area contributed by atoms with E-state index in [4.69, 9.17) is 21.1 Å². The Balaban J connectivity index is 2.40. The lowest BCUT2D eigenvalue weighted by Crippen LogP contribution is -2.35. The van der Waals surface area contributed by atoms with Gasteiger partial charge in [0.15, 0.2) is 0 Å². The summed E-state index contributed by atoms with van der Waals surface area (Å²) in [5, 5.41) is 9.54. The summed E-state index contributed by atoms with van der Waals surface area (Å²) in [6.07, 6.45) is 0. The highest BCUT2D eigenvalue weighted by Crippen LogP contribution is 2.22. The third-order valence-electron chi connectivity index (χ3n) is 2.95. The van der Waals surface area contributed by atoms with Gasteiger partial charge in [-0.25, -0.2) is 0 Å². The van der Waals surface area contributed by atoms with Crippen molar-refractivity contribution >= 4 is 29.2 Å². The summed E-state index contributed by atoms with van der Waals surface area (Å²) in [5.74, 6) is -0.464. The Morgan fingerprint density at radius 1 is 1.24 bits per heavy atom. The molecule has 0 aliphatic heterocycles. The number of amides is 1. The molecule has 1 amide bonds. The number of nitrogens with zero attached hydrogens (tertiary/aromatic N) is 1. The molecule has 0 fully saturated rings. The fourth-order valence-corrected chi connectivity index (χ4v) is 2.15. The van der Waals surface area contributed by atoms with Crippen molar-refractivity contribution in [1.82, 2.24) is 0 Å². The molecule has 0 atom stereocenters. The van der Waals surface area contributed by atoms with Gasteiger partial charge in [0.1, 0.15) is 18.1 Å². The average molecular weight is 308 g/mol. The molecular formula is C15H14ClNO4. The zero-order valence-corrected chi connectivity index (χ0v) is 12.3. The number of aliphatic carboxylic acids is 1. The standard InChI is InChI=1S/C15H14ClNO4/c1-9-7-13(10(2)21-9)15(20)17(8-14(18)19)12-5-3-11(16)4-6-12/h3-7H,8H2,1-2H3,(H,18,19). The number of carboxylic acids is 1. The van der Waals surface area contributed by atoms with Crippen molar-refractivity contribution in [3.63, 3.8) is 0 Å². The summed E-state index contributed by atoms with van der Waals surface area (Å²) in [5.41, 5.74) is 0.814. The Kier molecular flexibility index (Phi) is 4.33. The molecule has 1 aromatic heterocycles. The van der Waals surface area contributed by atoms with Gasteiger partial charge in [0.2, 0.25) is 0 Å². The van der Waals surface area contributed by atoms with E-state index >= 15 is 0 Å². The van der Waals surface area contributed by atoms with E-state index in [2.05, 4.69) is 0 Å². The molecule has 0 unspecified atom stereocenters. The predicted molar refractivity (Wildman–Crippen MR) is 78.9 cm³/mol. The largest absolute Gasteiger partial charge is 0.480 e. The molecule has 5 nitrogen and oxygen atoms in total. The molecule has 2 aromatic rings. The van der Waals surface area contributed by atoms with Crippen molar-refractivity contribution in [3.8, 4) is 0 Å². The molecule has 2 rings (SSSR count). The number of furan rings is 1. The minimum atomic E-state index is -1.10. The predicted octanol–water partition coefficient (Wildman–Crippen LogP) is 3.28. The number of hydrogen-bond acceptors (Lipinski definition) is 3. The molecular weight excluding hydrogens is 294 g/mol. The molecule has 0 saturated carbocycles. The minimum Gasteiger partial charge on any atom is -0.480 e. The summed E-state index contributed by atoms with van der Waals surface area (Å²) < 4.78 is 5.33. The van der Waals surface area contributed by atoms with Crippen LogP contribution in [-0.4, -0.2) is 23.5 Å². The monoisotopic (exact) mass is 307 g/mol. The van der Waals surface area contributed by atoms with E-state index in [0.717, 1.165) is 0 Å². The van der Waals surface area contributed by atoms with Crippen LogP contribution < -0.4 is 4.90 Å². The van der Waals surface area contributed by atoms with Gasteiger partial charge in [0, 0.05) is 10.7 Å². The second kappa shape index (κ2) is 6.01. The smallest absolute Gasteiger partial charge is 0.323 e. The lowest BCUT2D eigenvalue weighted by atomic mass is 10.2. The fourth-order valence-electron chi connectivity index (χ4n) is 2.03. The second-order valence-electron chi connectivity index (χ2n) is 4.59. The number of carbonyl (C=O) groups is 2. The van der Waals surface area contributed by atoms with Crippen molar-refractivity contribution < 1.29 is 19.1 Å². The van der Waals surface area contributed by atoms with Crippen LogP contribution in [0.25, 0.3) is 0 Å². The third-order valence-corrected chi connectivity index (χ3v) is 3.20. The number of aryl methyl sites for hydroxylation is 2. The molecule has 1 aromatic carbocycles. The summed E-state index contributed by atoms with van der Waals surface area (Å²) in [4.78, 5) is 24.8. The first-order valence-corrected chi connectivity index (χ1v) is 6.62. The molecule has 0 saturated heterocycles. The van der Waals surface area contributed by atoms with Gasteiger partial charge in [-0.2, -0.15) is 0 Å². The van der Waals surface area contributed by atoms with Crippen LogP contribution in [-0.2, 0) is 4.79 Å². The van der Waals surface area contributed by atoms with Crippen LogP contribution >= 0.6 is 11.6 Å². The van der Waals surface area contributed by atoms with E-state index in [9.17, 15) is 9.59 Å². The summed E-state index contributed by atoms with van der Waals surface area (Å²) in [6.45, 7) is 2.96. The Labute approximate surface area is 126 Å². The molecule has 1 N–H and O–H groups in total. The van der Waals surface area contributed by atoms with Crippen LogP contribution in [0.15, 0.2) is 34.7 Å². The lowest BCUT2D eigenvalue weighted by Gasteiger charge is -2.20. The van der Waals surface area contributed by atoms with Crippen LogP contribution in [0.1, 0.15) is 21.9 Å². The average Bonchev–Trinajstić information content (AvgIpc) is 2.75. The third kappa shape index (κ3) is 3.44. The summed E-state index contributed by atoms with van der Waals surface area (Å²) >= 11 is 5.81. The molecule has 0 radical (unpaired) electrons. The van der Waals surface area contributed by atoms with Gasteiger partial charge in [-0.3, -0.25) is 14.5 Å². The van der Waals surface area contributed by atoms with Crippen LogP contribution in [0.3, 0.4) is 0 Å². The van der Waals surface area contributed by atoms with Gasteiger partial charge in [-0.15, -0.1) is 0 Å². The molecule has 1 heterocycles.